The lowest BCUT2D eigenvalue weighted by atomic mass is 10.1. The molecule has 2 heterocycles. The smallest absolute Gasteiger partial charge is 0.201 e. The van der Waals surface area contributed by atoms with Crippen molar-refractivity contribution < 1.29 is 9.47 Å². The molecule has 118 valence electrons. The summed E-state index contributed by atoms with van der Waals surface area (Å²) in [4.78, 5) is 7.80. The Kier molecular flexibility index (Phi) is 3.33. The van der Waals surface area contributed by atoms with E-state index in [1.54, 1.807) is 7.11 Å². The third-order valence-corrected chi connectivity index (χ3v) is 4.13. The Morgan fingerprint density at radius 1 is 1.35 bits per heavy atom. The van der Waals surface area contributed by atoms with Crippen LogP contribution < -0.4 is 14.8 Å². The van der Waals surface area contributed by atoms with Gasteiger partial charge < -0.3 is 19.8 Å². The molecular weight excluding hydrogens is 290 g/mol. The molecular formula is C18H19N3O2. The molecule has 0 aliphatic carbocycles. The summed E-state index contributed by atoms with van der Waals surface area (Å²) in [5.41, 5.74) is 4.24. The number of benzene rings is 2. The van der Waals surface area contributed by atoms with Crippen LogP contribution in [0.4, 0.5) is 5.95 Å². The van der Waals surface area contributed by atoms with Crippen molar-refractivity contribution in [2.24, 2.45) is 0 Å². The molecule has 5 heteroatoms. The van der Waals surface area contributed by atoms with E-state index in [2.05, 4.69) is 34.3 Å². The lowest BCUT2D eigenvalue weighted by Gasteiger charge is -2.11. The van der Waals surface area contributed by atoms with Crippen molar-refractivity contribution in [3.63, 3.8) is 0 Å². The van der Waals surface area contributed by atoms with Crippen molar-refractivity contribution in [1.82, 2.24) is 9.97 Å². The Bertz CT molecular complexity index is 824. The standard InChI is InChI=1S/C18H19N3O2/c1-11-7-12-8-16(22-2)13(9-17(12)23-11)10-19-18-20-14-5-3-4-6-15(14)21-18/h3-6,8-9,11H,7,10H2,1-2H3,(H2,19,20,21). The second-order valence-electron chi connectivity index (χ2n) is 5.86. The van der Waals surface area contributed by atoms with Gasteiger partial charge in [0.1, 0.15) is 17.6 Å². The first-order valence-corrected chi connectivity index (χ1v) is 7.78. The quantitative estimate of drug-likeness (QED) is 0.774. The molecule has 0 amide bonds. The van der Waals surface area contributed by atoms with E-state index < -0.39 is 0 Å². The monoisotopic (exact) mass is 309 g/mol. The molecule has 1 aliphatic heterocycles. The van der Waals surface area contributed by atoms with Crippen molar-refractivity contribution in [3.8, 4) is 11.5 Å². The number of H-pyrrole nitrogens is 1. The van der Waals surface area contributed by atoms with Crippen LogP contribution in [-0.4, -0.2) is 23.2 Å². The first kappa shape index (κ1) is 13.9. The Balaban J connectivity index is 1.57. The van der Waals surface area contributed by atoms with E-state index in [0.717, 1.165) is 40.5 Å². The minimum atomic E-state index is 0.230. The number of aromatic nitrogens is 2. The second-order valence-corrected chi connectivity index (χ2v) is 5.86. The molecule has 1 aromatic heterocycles. The van der Waals surface area contributed by atoms with E-state index in [0.29, 0.717) is 6.54 Å². The highest BCUT2D eigenvalue weighted by atomic mass is 16.5. The van der Waals surface area contributed by atoms with Crippen molar-refractivity contribution in [3.05, 3.63) is 47.5 Å². The minimum Gasteiger partial charge on any atom is -0.496 e. The zero-order chi connectivity index (χ0) is 15.8. The largest absolute Gasteiger partial charge is 0.496 e. The minimum absolute atomic E-state index is 0.230. The molecule has 1 atom stereocenters. The maximum Gasteiger partial charge on any atom is 0.201 e. The summed E-state index contributed by atoms with van der Waals surface area (Å²) in [6.07, 6.45) is 1.16. The third-order valence-electron chi connectivity index (χ3n) is 4.13. The summed E-state index contributed by atoms with van der Waals surface area (Å²) in [6.45, 7) is 2.70. The van der Waals surface area contributed by atoms with Crippen LogP contribution in [0.15, 0.2) is 36.4 Å². The average molecular weight is 309 g/mol. The molecule has 0 spiro atoms. The zero-order valence-electron chi connectivity index (χ0n) is 13.2. The Morgan fingerprint density at radius 3 is 3.04 bits per heavy atom. The van der Waals surface area contributed by atoms with Gasteiger partial charge in [0.05, 0.1) is 18.1 Å². The molecule has 1 aliphatic rings. The van der Waals surface area contributed by atoms with Gasteiger partial charge in [-0.05, 0) is 31.2 Å². The molecule has 2 N–H and O–H groups in total. The van der Waals surface area contributed by atoms with Crippen LogP contribution in [0.25, 0.3) is 11.0 Å². The van der Waals surface area contributed by atoms with Crippen LogP contribution >= 0.6 is 0 Å². The molecule has 2 aromatic carbocycles. The van der Waals surface area contributed by atoms with E-state index in [1.165, 1.54) is 5.56 Å². The number of hydrogen-bond donors (Lipinski definition) is 2. The van der Waals surface area contributed by atoms with Crippen LogP contribution in [0, 0.1) is 0 Å². The van der Waals surface area contributed by atoms with E-state index in [-0.39, 0.29) is 6.10 Å². The number of para-hydroxylation sites is 2. The molecule has 0 saturated heterocycles. The molecule has 5 nitrogen and oxygen atoms in total. The van der Waals surface area contributed by atoms with Gasteiger partial charge in [-0.1, -0.05) is 12.1 Å². The number of nitrogens with zero attached hydrogens (tertiary/aromatic N) is 1. The zero-order valence-corrected chi connectivity index (χ0v) is 13.2. The number of fused-ring (bicyclic) bond motifs is 2. The fourth-order valence-corrected chi connectivity index (χ4v) is 3.03. The Hall–Kier alpha value is -2.69. The highest BCUT2D eigenvalue weighted by Crippen LogP contribution is 2.35. The fourth-order valence-electron chi connectivity index (χ4n) is 3.03. The molecule has 0 radical (unpaired) electrons. The lowest BCUT2D eigenvalue weighted by molar-refractivity contribution is 0.254. The predicted molar refractivity (Wildman–Crippen MR) is 90.2 cm³/mol. The topological polar surface area (TPSA) is 59.2 Å². The number of ether oxygens (including phenoxy) is 2. The second kappa shape index (κ2) is 5.50. The molecule has 3 aromatic rings. The molecule has 0 fully saturated rings. The normalized spacial score (nSPS) is 16.2. The van der Waals surface area contributed by atoms with Gasteiger partial charge >= 0.3 is 0 Å². The highest BCUT2D eigenvalue weighted by Gasteiger charge is 2.21. The Morgan fingerprint density at radius 2 is 2.22 bits per heavy atom. The van der Waals surface area contributed by atoms with E-state index in [1.807, 2.05) is 24.3 Å². The molecule has 23 heavy (non-hydrogen) atoms. The molecule has 4 rings (SSSR count). The van der Waals surface area contributed by atoms with Gasteiger partial charge in [-0.2, -0.15) is 0 Å². The maximum atomic E-state index is 5.84. The van der Waals surface area contributed by atoms with Crippen LogP contribution in [0.3, 0.4) is 0 Å². The maximum absolute atomic E-state index is 5.84. The van der Waals surface area contributed by atoms with Gasteiger partial charge in [0, 0.05) is 24.1 Å². The summed E-state index contributed by atoms with van der Waals surface area (Å²) in [6, 6.07) is 12.1. The lowest BCUT2D eigenvalue weighted by Crippen LogP contribution is -2.05. The van der Waals surface area contributed by atoms with Crippen LogP contribution in [0.5, 0.6) is 11.5 Å². The van der Waals surface area contributed by atoms with E-state index in [9.17, 15) is 0 Å². The summed E-state index contributed by atoms with van der Waals surface area (Å²) < 4.78 is 11.4. The van der Waals surface area contributed by atoms with Crippen LogP contribution in [0.1, 0.15) is 18.1 Å². The van der Waals surface area contributed by atoms with Gasteiger partial charge in [0.15, 0.2) is 0 Å². The van der Waals surface area contributed by atoms with Crippen molar-refractivity contribution in [2.75, 3.05) is 12.4 Å². The highest BCUT2D eigenvalue weighted by molar-refractivity contribution is 5.77. The number of methoxy groups -OCH3 is 1. The van der Waals surface area contributed by atoms with Crippen molar-refractivity contribution >= 4 is 17.0 Å². The van der Waals surface area contributed by atoms with Crippen molar-refractivity contribution in [2.45, 2.75) is 26.0 Å². The first-order valence-electron chi connectivity index (χ1n) is 7.78. The van der Waals surface area contributed by atoms with E-state index in [4.69, 9.17) is 9.47 Å². The predicted octanol–water partition coefficient (Wildman–Crippen LogP) is 3.51. The SMILES string of the molecule is COc1cc2c(cc1CNc1nc3ccccc3[nH]1)OC(C)C2. The Labute approximate surface area is 134 Å². The number of aromatic amines is 1. The summed E-state index contributed by atoms with van der Waals surface area (Å²) in [5.74, 6) is 2.59. The molecule has 1 unspecified atom stereocenters. The average Bonchev–Trinajstić information content (AvgIpc) is 3.12. The number of nitrogens with one attached hydrogen (secondary N) is 2. The number of rotatable bonds is 4. The summed E-state index contributed by atoms with van der Waals surface area (Å²) in [7, 11) is 1.70. The van der Waals surface area contributed by atoms with Gasteiger partial charge in [0.2, 0.25) is 5.95 Å². The van der Waals surface area contributed by atoms with Gasteiger partial charge in [-0.25, -0.2) is 4.98 Å². The molecule has 0 saturated carbocycles. The molecule has 0 bridgehead atoms. The third kappa shape index (κ3) is 2.59. The first-order chi connectivity index (χ1) is 11.2. The van der Waals surface area contributed by atoms with E-state index >= 15 is 0 Å². The van der Waals surface area contributed by atoms with Gasteiger partial charge in [0.25, 0.3) is 0 Å². The fraction of sp³-hybridized carbons (Fsp3) is 0.278. The summed E-state index contributed by atoms with van der Waals surface area (Å²) in [5, 5.41) is 3.33. The summed E-state index contributed by atoms with van der Waals surface area (Å²) >= 11 is 0. The van der Waals surface area contributed by atoms with Crippen molar-refractivity contribution in [1.29, 1.82) is 0 Å². The van der Waals surface area contributed by atoms with Gasteiger partial charge in [-0.3, -0.25) is 0 Å². The van der Waals surface area contributed by atoms with Crippen LogP contribution in [-0.2, 0) is 13.0 Å². The number of imidazole rings is 1. The number of hydrogen-bond acceptors (Lipinski definition) is 4. The van der Waals surface area contributed by atoms with Crippen LogP contribution in [0.2, 0.25) is 0 Å². The van der Waals surface area contributed by atoms with Gasteiger partial charge in [-0.15, -0.1) is 0 Å². The number of anilines is 1.